The highest BCUT2D eigenvalue weighted by molar-refractivity contribution is 5.78. The number of nitrogens with one attached hydrogen (secondary N) is 1. The summed E-state index contributed by atoms with van der Waals surface area (Å²) in [6.07, 6.45) is -4.59. The summed E-state index contributed by atoms with van der Waals surface area (Å²) in [5, 5.41) is 2.97. The van der Waals surface area contributed by atoms with Crippen LogP contribution in [0.2, 0.25) is 0 Å². The topological polar surface area (TPSA) is 44.8 Å². The number of piperazine rings is 1. The number of hydrogen-bond acceptors (Lipinski definition) is 4. The number of amides is 1. The van der Waals surface area contributed by atoms with Crippen LogP contribution in [0.15, 0.2) is 24.3 Å². The number of hydrogen-bond donors (Lipinski definition) is 1. The Kier molecular flexibility index (Phi) is 7.49. The van der Waals surface area contributed by atoms with Gasteiger partial charge in [0.2, 0.25) is 5.91 Å². The minimum Gasteiger partial charge on any atom is -0.406 e. The molecule has 1 heterocycles. The van der Waals surface area contributed by atoms with Gasteiger partial charge in [0.15, 0.2) is 0 Å². The molecule has 0 radical (unpaired) electrons. The molecule has 0 aliphatic carbocycles. The standard InChI is InChI=1S/C19H28F3N3O2/c1-14(2)17(25-10-8-24(3)9-11-25)13-23-18(26)12-15-4-6-16(7-5-15)27-19(20,21)22/h4-7,14,17H,8-13H2,1-3H3,(H,23,26). The van der Waals surface area contributed by atoms with Crippen LogP contribution >= 0.6 is 0 Å². The predicted octanol–water partition coefficient (Wildman–Crippen LogP) is 2.52. The van der Waals surface area contributed by atoms with E-state index in [2.05, 4.69) is 40.7 Å². The zero-order valence-electron chi connectivity index (χ0n) is 16.1. The molecule has 1 unspecified atom stereocenters. The van der Waals surface area contributed by atoms with Gasteiger partial charge < -0.3 is 15.0 Å². The molecule has 1 atom stereocenters. The first-order valence-electron chi connectivity index (χ1n) is 9.18. The van der Waals surface area contributed by atoms with Crippen molar-refractivity contribution in [3.63, 3.8) is 0 Å². The van der Waals surface area contributed by atoms with Crippen LogP contribution in [0.4, 0.5) is 13.2 Å². The molecule has 5 nitrogen and oxygen atoms in total. The molecule has 1 N–H and O–H groups in total. The Morgan fingerprint density at radius 1 is 1.15 bits per heavy atom. The van der Waals surface area contributed by atoms with Gasteiger partial charge in [-0.05, 0) is 30.7 Å². The van der Waals surface area contributed by atoms with Crippen LogP contribution in [0.25, 0.3) is 0 Å². The molecule has 1 fully saturated rings. The molecule has 1 saturated heterocycles. The van der Waals surface area contributed by atoms with E-state index in [0.717, 1.165) is 26.2 Å². The number of alkyl halides is 3. The third-order valence-corrected chi connectivity index (χ3v) is 4.81. The molecular formula is C19H28F3N3O2. The van der Waals surface area contributed by atoms with Crippen molar-refractivity contribution in [1.82, 2.24) is 15.1 Å². The van der Waals surface area contributed by atoms with Crippen molar-refractivity contribution in [3.8, 4) is 5.75 Å². The van der Waals surface area contributed by atoms with Crippen LogP contribution in [0.3, 0.4) is 0 Å². The highest BCUT2D eigenvalue weighted by atomic mass is 19.4. The molecule has 0 bridgehead atoms. The molecule has 1 aliphatic heterocycles. The first kappa shape index (κ1) is 21.5. The Bertz CT molecular complexity index is 597. The second kappa shape index (κ2) is 9.41. The van der Waals surface area contributed by atoms with Crippen molar-refractivity contribution in [1.29, 1.82) is 0 Å². The molecule has 0 saturated carbocycles. The fraction of sp³-hybridized carbons (Fsp3) is 0.632. The monoisotopic (exact) mass is 387 g/mol. The molecule has 8 heteroatoms. The summed E-state index contributed by atoms with van der Waals surface area (Å²) < 4.78 is 40.4. The molecule has 1 aromatic rings. The molecule has 1 aromatic carbocycles. The van der Waals surface area contributed by atoms with Crippen molar-refractivity contribution < 1.29 is 22.7 Å². The summed E-state index contributed by atoms with van der Waals surface area (Å²) in [6.45, 7) is 8.86. The van der Waals surface area contributed by atoms with E-state index in [1.54, 1.807) is 0 Å². The molecule has 27 heavy (non-hydrogen) atoms. The predicted molar refractivity (Wildman–Crippen MR) is 97.5 cm³/mol. The van der Waals surface area contributed by atoms with E-state index < -0.39 is 6.36 Å². The molecule has 152 valence electrons. The second-order valence-electron chi connectivity index (χ2n) is 7.32. The van der Waals surface area contributed by atoms with E-state index in [9.17, 15) is 18.0 Å². The minimum atomic E-state index is -4.71. The summed E-state index contributed by atoms with van der Waals surface area (Å²) in [6, 6.07) is 5.65. The summed E-state index contributed by atoms with van der Waals surface area (Å²) in [5.74, 6) is -0.0200. The zero-order chi connectivity index (χ0) is 20.0. The van der Waals surface area contributed by atoms with Crippen LogP contribution in [0, 0.1) is 5.92 Å². The SMILES string of the molecule is CC(C)C(CNC(=O)Cc1ccc(OC(F)(F)F)cc1)N1CCN(C)CC1. The largest absolute Gasteiger partial charge is 0.573 e. The maximum Gasteiger partial charge on any atom is 0.573 e. The van der Waals surface area contributed by atoms with Gasteiger partial charge in [-0.25, -0.2) is 0 Å². The van der Waals surface area contributed by atoms with Crippen molar-refractivity contribution in [2.24, 2.45) is 5.92 Å². The number of carbonyl (C=O) groups is 1. The molecule has 1 amide bonds. The van der Waals surface area contributed by atoms with Crippen LogP contribution in [0.1, 0.15) is 19.4 Å². The Balaban J connectivity index is 1.83. The molecule has 2 rings (SSSR count). The van der Waals surface area contributed by atoms with Gasteiger partial charge in [-0.1, -0.05) is 26.0 Å². The van der Waals surface area contributed by atoms with Gasteiger partial charge in [-0.2, -0.15) is 0 Å². The van der Waals surface area contributed by atoms with Gasteiger partial charge in [0.05, 0.1) is 6.42 Å². The van der Waals surface area contributed by atoms with Gasteiger partial charge in [-0.15, -0.1) is 13.2 Å². The van der Waals surface area contributed by atoms with Gasteiger partial charge >= 0.3 is 6.36 Å². The minimum absolute atomic E-state index is 0.125. The van der Waals surface area contributed by atoms with E-state index >= 15 is 0 Å². The van der Waals surface area contributed by atoms with Gasteiger partial charge in [-0.3, -0.25) is 9.69 Å². The lowest BCUT2D eigenvalue weighted by molar-refractivity contribution is -0.274. The zero-order valence-corrected chi connectivity index (χ0v) is 16.1. The van der Waals surface area contributed by atoms with E-state index in [0.29, 0.717) is 18.0 Å². The summed E-state index contributed by atoms with van der Waals surface area (Å²) in [7, 11) is 2.11. The first-order valence-corrected chi connectivity index (χ1v) is 9.18. The summed E-state index contributed by atoms with van der Waals surface area (Å²) >= 11 is 0. The number of ether oxygens (including phenoxy) is 1. The fourth-order valence-corrected chi connectivity index (χ4v) is 3.22. The Morgan fingerprint density at radius 2 is 1.74 bits per heavy atom. The van der Waals surface area contributed by atoms with Gasteiger partial charge in [0.25, 0.3) is 0 Å². The average molecular weight is 387 g/mol. The highest BCUT2D eigenvalue weighted by Crippen LogP contribution is 2.22. The van der Waals surface area contributed by atoms with E-state index in [4.69, 9.17) is 0 Å². The summed E-state index contributed by atoms with van der Waals surface area (Å²) in [5.41, 5.74) is 0.641. The highest BCUT2D eigenvalue weighted by Gasteiger charge is 2.31. The second-order valence-corrected chi connectivity index (χ2v) is 7.32. The molecule has 0 spiro atoms. The van der Waals surface area contributed by atoms with Crippen molar-refractivity contribution >= 4 is 5.91 Å². The van der Waals surface area contributed by atoms with Crippen molar-refractivity contribution in [2.45, 2.75) is 32.7 Å². The smallest absolute Gasteiger partial charge is 0.406 e. The molecule has 0 aromatic heterocycles. The van der Waals surface area contributed by atoms with Crippen LogP contribution in [-0.4, -0.2) is 67.9 Å². The molecular weight excluding hydrogens is 359 g/mol. The fourth-order valence-electron chi connectivity index (χ4n) is 3.22. The lowest BCUT2D eigenvalue weighted by Gasteiger charge is -2.39. The third kappa shape index (κ3) is 7.38. The van der Waals surface area contributed by atoms with Gasteiger partial charge in [0.1, 0.15) is 5.75 Å². The van der Waals surface area contributed by atoms with Crippen LogP contribution in [-0.2, 0) is 11.2 Å². The van der Waals surface area contributed by atoms with Crippen LogP contribution < -0.4 is 10.1 Å². The van der Waals surface area contributed by atoms with E-state index in [1.807, 2.05) is 0 Å². The third-order valence-electron chi connectivity index (χ3n) is 4.81. The number of nitrogens with zero attached hydrogens (tertiary/aromatic N) is 2. The van der Waals surface area contributed by atoms with E-state index in [-0.39, 0.29) is 24.1 Å². The number of benzene rings is 1. The lowest BCUT2D eigenvalue weighted by Crippen LogP contribution is -2.54. The van der Waals surface area contributed by atoms with Crippen molar-refractivity contribution in [2.75, 3.05) is 39.8 Å². The molecule has 1 aliphatic rings. The van der Waals surface area contributed by atoms with Gasteiger partial charge in [0, 0.05) is 38.8 Å². The van der Waals surface area contributed by atoms with Crippen LogP contribution in [0.5, 0.6) is 5.75 Å². The quantitative estimate of drug-likeness (QED) is 0.781. The summed E-state index contributed by atoms with van der Waals surface area (Å²) in [4.78, 5) is 16.9. The van der Waals surface area contributed by atoms with E-state index in [1.165, 1.54) is 24.3 Å². The Hall–Kier alpha value is -1.80. The Morgan fingerprint density at radius 3 is 2.26 bits per heavy atom. The number of halogens is 3. The normalized spacial score (nSPS) is 17.7. The number of rotatable bonds is 7. The van der Waals surface area contributed by atoms with Crippen molar-refractivity contribution in [3.05, 3.63) is 29.8 Å². The average Bonchev–Trinajstić information content (AvgIpc) is 2.57. The maximum absolute atomic E-state index is 12.2. The number of likely N-dealkylation sites (N-methyl/N-ethyl adjacent to an activating group) is 1. The lowest BCUT2D eigenvalue weighted by atomic mass is 10.0. The number of carbonyl (C=O) groups excluding carboxylic acids is 1. The Labute approximate surface area is 158 Å². The maximum atomic E-state index is 12.2. The first-order chi connectivity index (χ1) is 12.6.